The Balaban J connectivity index is 1.93. The van der Waals surface area contributed by atoms with Crippen LogP contribution in [0, 0.1) is 11.6 Å². The van der Waals surface area contributed by atoms with Crippen LogP contribution in [0.1, 0.15) is 5.69 Å². The molecular formula is C16H11F2N5. The Morgan fingerprint density at radius 3 is 2.30 bits per heavy atom. The molecule has 0 unspecified atom stereocenters. The van der Waals surface area contributed by atoms with Crippen LogP contribution < -0.4 is 0 Å². The van der Waals surface area contributed by atoms with Gasteiger partial charge in [-0.3, -0.25) is 4.40 Å². The second-order valence-electron chi connectivity index (χ2n) is 5.05. The maximum absolute atomic E-state index is 13.6. The van der Waals surface area contributed by atoms with Crippen LogP contribution in [0.2, 0.25) is 0 Å². The SMILES string of the molecule is Fc1ccc(-c2nc3ccc(F)cn3c2Cn2nccn2)cc1. The minimum atomic E-state index is -0.366. The molecule has 0 atom stereocenters. The molecule has 0 saturated heterocycles. The van der Waals surface area contributed by atoms with Gasteiger partial charge in [0.2, 0.25) is 0 Å². The van der Waals surface area contributed by atoms with Crippen molar-refractivity contribution in [1.29, 1.82) is 0 Å². The molecule has 1 aromatic carbocycles. The lowest BCUT2D eigenvalue weighted by Gasteiger charge is -2.05. The minimum absolute atomic E-state index is 0.321. The van der Waals surface area contributed by atoms with Gasteiger partial charge in [0.25, 0.3) is 0 Å². The van der Waals surface area contributed by atoms with Crippen molar-refractivity contribution >= 4 is 5.65 Å². The Hall–Kier alpha value is -3.09. The van der Waals surface area contributed by atoms with E-state index in [4.69, 9.17) is 0 Å². The number of aromatic nitrogens is 5. The van der Waals surface area contributed by atoms with Crippen molar-refractivity contribution < 1.29 is 8.78 Å². The lowest BCUT2D eigenvalue weighted by Crippen LogP contribution is -2.07. The molecule has 0 bridgehead atoms. The van der Waals surface area contributed by atoms with E-state index in [1.807, 2.05) is 0 Å². The van der Waals surface area contributed by atoms with Crippen molar-refractivity contribution in [2.75, 3.05) is 0 Å². The predicted molar refractivity (Wildman–Crippen MR) is 79.7 cm³/mol. The van der Waals surface area contributed by atoms with E-state index in [1.165, 1.54) is 29.2 Å². The highest BCUT2D eigenvalue weighted by Crippen LogP contribution is 2.25. The Kier molecular flexibility index (Phi) is 3.11. The Bertz CT molecular complexity index is 958. The van der Waals surface area contributed by atoms with Crippen LogP contribution in [0.25, 0.3) is 16.9 Å². The summed E-state index contributed by atoms with van der Waals surface area (Å²) in [5.74, 6) is -0.686. The van der Waals surface area contributed by atoms with Gasteiger partial charge in [0.05, 0.1) is 23.8 Å². The quantitative estimate of drug-likeness (QED) is 0.584. The fourth-order valence-electron chi connectivity index (χ4n) is 2.52. The third-order valence-corrected chi connectivity index (χ3v) is 3.56. The van der Waals surface area contributed by atoms with Gasteiger partial charge in [-0.1, -0.05) is 0 Å². The summed E-state index contributed by atoms with van der Waals surface area (Å²) in [4.78, 5) is 6.03. The molecule has 4 rings (SSSR count). The van der Waals surface area contributed by atoms with E-state index >= 15 is 0 Å². The minimum Gasteiger partial charge on any atom is -0.298 e. The van der Waals surface area contributed by atoms with Crippen LogP contribution in [0.15, 0.2) is 55.0 Å². The number of fused-ring (bicyclic) bond motifs is 1. The highest BCUT2D eigenvalue weighted by molar-refractivity contribution is 5.66. The van der Waals surface area contributed by atoms with E-state index < -0.39 is 0 Å². The van der Waals surface area contributed by atoms with Crippen LogP contribution in [0.5, 0.6) is 0 Å². The zero-order chi connectivity index (χ0) is 15.8. The fourth-order valence-corrected chi connectivity index (χ4v) is 2.52. The molecule has 23 heavy (non-hydrogen) atoms. The Morgan fingerprint density at radius 2 is 1.57 bits per heavy atom. The largest absolute Gasteiger partial charge is 0.298 e. The first kappa shape index (κ1) is 13.6. The molecule has 0 spiro atoms. The number of benzene rings is 1. The summed E-state index contributed by atoms with van der Waals surface area (Å²) < 4.78 is 28.5. The second kappa shape index (κ2) is 5.28. The van der Waals surface area contributed by atoms with Gasteiger partial charge in [-0.25, -0.2) is 13.8 Å². The van der Waals surface area contributed by atoms with Gasteiger partial charge in [-0.15, -0.1) is 0 Å². The molecule has 3 heterocycles. The molecule has 7 heteroatoms. The summed E-state index contributed by atoms with van der Waals surface area (Å²) in [5.41, 5.74) is 2.72. The topological polar surface area (TPSA) is 48.0 Å². The van der Waals surface area contributed by atoms with E-state index in [9.17, 15) is 8.78 Å². The highest BCUT2D eigenvalue weighted by Gasteiger charge is 2.15. The van der Waals surface area contributed by atoms with E-state index in [-0.39, 0.29) is 11.6 Å². The summed E-state index contributed by atoms with van der Waals surface area (Å²) in [7, 11) is 0. The van der Waals surface area contributed by atoms with Gasteiger partial charge in [0.1, 0.15) is 23.8 Å². The molecular weight excluding hydrogens is 300 g/mol. The average Bonchev–Trinajstić information content (AvgIpc) is 3.17. The lowest BCUT2D eigenvalue weighted by atomic mass is 10.1. The molecule has 0 radical (unpaired) electrons. The summed E-state index contributed by atoms with van der Waals surface area (Å²) in [6, 6.07) is 8.99. The van der Waals surface area contributed by atoms with Crippen molar-refractivity contribution in [3.63, 3.8) is 0 Å². The van der Waals surface area contributed by atoms with Crippen molar-refractivity contribution in [3.8, 4) is 11.3 Å². The van der Waals surface area contributed by atoms with E-state index in [0.29, 0.717) is 17.9 Å². The zero-order valence-corrected chi connectivity index (χ0v) is 11.9. The number of hydrogen-bond donors (Lipinski definition) is 0. The average molecular weight is 311 g/mol. The van der Waals surface area contributed by atoms with Crippen molar-refractivity contribution in [1.82, 2.24) is 24.4 Å². The Labute approximate surface area is 129 Å². The molecule has 0 fully saturated rings. The molecule has 0 aliphatic carbocycles. The van der Waals surface area contributed by atoms with Crippen molar-refractivity contribution in [2.45, 2.75) is 6.54 Å². The third-order valence-electron chi connectivity index (χ3n) is 3.56. The summed E-state index contributed by atoms with van der Waals surface area (Å²) in [6.45, 7) is 0.324. The maximum atomic E-state index is 13.6. The van der Waals surface area contributed by atoms with Crippen LogP contribution in [-0.4, -0.2) is 24.4 Å². The number of rotatable bonds is 3. The maximum Gasteiger partial charge on any atom is 0.139 e. The van der Waals surface area contributed by atoms with Gasteiger partial charge in [0.15, 0.2) is 0 Å². The van der Waals surface area contributed by atoms with Crippen LogP contribution in [0.4, 0.5) is 8.78 Å². The molecule has 3 aromatic heterocycles. The lowest BCUT2D eigenvalue weighted by molar-refractivity contribution is 0.575. The molecule has 4 aromatic rings. The number of imidazole rings is 1. The van der Waals surface area contributed by atoms with Gasteiger partial charge in [0, 0.05) is 11.8 Å². The molecule has 0 amide bonds. The smallest absolute Gasteiger partial charge is 0.139 e. The molecule has 114 valence electrons. The summed E-state index contributed by atoms with van der Waals surface area (Å²) >= 11 is 0. The van der Waals surface area contributed by atoms with E-state index in [0.717, 1.165) is 11.3 Å². The van der Waals surface area contributed by atoms with Gasteiger partial charge in [-0.2, -0.15) is 15.0 Å². The van der Waals surface area contributed by atoms with E-state index in [1.54, 1.807) is 35.0 Å². The molecule has 0 aliphatic heterocycles. The normalized spacial score (nSPS) is 11.2. The summed E-state index contributed by atoms with van der Waals surface area (Å²) in [6.07, 6.45) is 4.51. The second-order valence-corrected chi connectivity index (χ2v) is 5.05. The van der Waals surface area contributed by atoms with Crippen molar-refractivity contribution in [3.05, 3.63) is 72.3 Å². The number of hydrogen-bond acceptors (Lipinski definition) is 3. The molecule has 0 saturated carbocycles. The molecule has 0 aliphatic rings. The number of nitrogens with zero attached hydrogens (tertiary/aromatic N) is 5. The van der Waals surface area contributed by atoms with E-state index in [2.05, 4.69) is 15.2 Å². The zero-order valence-electron chi connectivity index (χ0n) is 11.9. The number of pyridine rings is 1. The van der Waals surface area contributed by atoms with Crippen molar-refractivity contribution in [2.24, 2.45) is 0 Å². The first-order valence-corrected chi connectivity index (χ1v) is 6.97. The molecule has 5 nitrogen and oxygen atoms in total. The summed E-state index contributed by atoms with van der Waals surface area (Å²) in [5, 5.41) is 8.16. The first-order valence-electron chi connectivity index (χ1n) is 6.97. The number of halogens is 2. The fraction of sp³-hybridized carbons (Fsp3) is 0.0625. The monoisotopic (exact) mass is 311 g/mol. The van der Waals surface area contributed by atoms with Crippen LogP contribution in [-0.2, 0) is 6.54 Å². The standard InChI is InChI=1S/C16H11F2N5/c17-12-3-1-11(2-4-12)16-14(10-23-19-7-8-20-23)22-9-13(18)5-6-15(22)21-16/h1-9H,10H2. The van der Waals surface area contributed by atoms with Crippen LogP contribution in [0.3, 0.4) is 0 Å². The van der Waals surface area contributed by atoms with Crippen LogP contribution >= 0.6 is 0 Å². The third kappa shape index (κ3) is 2.46. The Morgan fingerprint density at radius 1 is 0.870 bits per heavy atom. The molecule has 0 N–H and O–H groups in total. The highest BCUT2D eigenvalue weighted by atomic mass is 19.1. The van der Waals surface area contributed by atoms with Gasteiger partial charge in [-0.05, 0) is 36.4 Å². The van der Waals surface area contributed by atoms with Gasteiger partial charge >= 0.3 is 0 Å². The van der Waals surface area contributed by atoms with Gasteiger partial charge < -0.3 is 0 Å². The predicted octanol–water partition coefficient (Wildman–Crippen LogP) is 2.92. The first-order chi connectivity index (χ1) is 11.2.